The van der Waals surface area contributed by atoms with Gasteiger partial charge in [0.2, 0.25) is 5.91 Å². The lowest BCUT2D eigenvalue weighted by atomic mass is 9.95. The van der Waals surface area contributed by atoms with Crippen LogP contribution >= 0.6 is 28.3 Å². The fourth-order valence-electron chi connectivity index (χ4n) is 2.71. The molecule has 1 amide bonds. The fourth-order valence-corrected chi connectivity index (χ4v) is 2.97. The molecule has 0 aromatic heterocycles. The van der Waals surface area contributed by atoms with Gasteiger partial charge in [0.15, 0.2) is 0 Å². The van der Waals surface area contributed by atoms with Crippen LogP contribution in [0.15, 0.2) is 28.7 Å². The molecule has 1 aliphatic heterocycles. The van der Waals surface area contributed by atoms with Crippen LogP contribution in [0.5, 0.6) is 0 Å². The van der Waals surface area contributed by atoms with Crippen molar-refractivity contribution in [3.8, 4) is 0 Å². The van der Waals surface area contributed by atoms with Crippen LogP contribution in [0, 0.1) is 5.92 Å². The Morgan fingerprint density at radius 3 is 2.50 bits per heavy atom. The van der Waals surface area contributed by atoms with Gasteiger partial charge in [-0.3, -0.25) is 9.59 Å². The largest absolute Gasteiger partial charge is 0.466 e. The number of hydrogen-bond acceptors (Lipinski definition) is 4. The van der Waals surface area contributed by atoms with Crippen molar-refractivity contribution in [3.05, 3.63) is 34.3 Å². The molecule has 5 nitrogen and oxygen atoms in total. The van der Waals surface area contributed by atoms with E-state index in [1.807, 2.05) is 24.3 Å². The van der Waals surface area contributed by atoms with Crippen LogP contribution in [0.25, 0.3) is 0 Å². The predicted octanol–water partition coefficient (Wildman–Crippen LogP) is 2.98. The van der Waals surface area contributed by atoms with E-state index < -0.39 is 0 Å². The molecule has 1 saturated heterocycles. The van der Waals surface area contributed by atoms with Gasteiger partial charge in [-0.15, -0.1) is 12.4 Å². The Labute approximate surface area is 157 Å². The number of ether oxygens (including phenoxy) is 1. The first-order valence-electron chi connectivity index (χ1n) is 8.02. The Balaban J connectivity index is 0.00000288. The number of benzene rings is 1. The van der Waals surface area contributed by atoms with Crippen molar-refractivity contribution in [2.24, 2.45) is 5.92 Å². The second kappa shape index (κ2) is 10.7. The summed E-state index contributed by atoms with van der Waals surface area (Å²) in [7, 11) is 0. The van der Waals surface area contributed by atoms with Crippen LogP contribution in [0.1, 0.15) is 37.8 Å². The van der Waals surface area contributed by atoms with Crippen molar-refractivity contribution in [3.63, 3.8) is 0 Å². The van der Waals surface area contributed by atoms with Gasteiger partial charge in [-0.25, -0.2) is 0 Å². The molecule has 2 rings (SSSR count). The van der Waals surface area contributed by atoms with Gasteiger partial charge in [0.25, 0.3) is 0 Å². The summed E-state index contributed by atoms with van der Waals surface area (Å²) >= 11 is 3.40. The third-order valence-corrected chi connectivity index (χ3v) is 4.50. The van der Waals surface area contributed by atoms with Gasteiger partial charge < -0.3 is 15.4 Å². The summed E-state index contributed by atoms with van der Waals surface area (Å²) in [4.78, 5) is 24.3. The lowest BCUT2D eigenvalue weighted by molar-refractivity contribution is -0.144. The standard InChI is InChI=1S/C17H23BrN2O3.ClH/c1-2-23-16(21)11-15(12-3-5-14(18)6-4-12)20-17(22)13-7-9-19-10-8-13;/h3-6,13,15,19H,2,7-11H2,1H3,(H,20,22);1H. The Bertz CT molecular complexity index is 533. The van der Waals surface area contributed by atoms with Crippen molar-refractivity contribution in [1.82, 2.24) is 10.6 Å². The summed E-state index contributed by atoms with van der Waals surface area (Å²) < 4.78 is 5.99. The van der Waals surface area contributed by atoms with Gasteiger partial charge in [0.1, 0.15) is 0 Å². The summed E-state index contributed by atoms with van der Waals surface area (Å²) in [6.07, 6.45) is 1.81. The molecule has 1 heterocycles. The lowest BCUT2D eigenvalue weighted by Gasteiger charge is -2.25. The first-order chi connectivity index (χ1) is 11.1. The summed E-state index contributed by atoms with van der Waals surface area (Å²) in [6, 6.07) is 7.28. The Morgan fingerprint density at radius 1 is 1.29 bits per heavy atom. The maximum absolute atomic E-state index is 12.5. The molecule has 0 spiro atoms. The molecule has 0 radical (unpaired) electrons. The number of esters is 1. The van der Waals surface area contributed by atoms with Gasteiger partial charge >= 0.3 is 5.97 Å². The second-order valence-electron chi connectivity index (χ2n) is 5.65. The minimum Gasteiger partial charge on any atom is -0.466 e. The average molecular weight is 420 g/mol. The molecule has 2 N–H and O–H groups in total. The molecule has 24 heavy (non-hydrogen) atoms. The van der Waals surface area contributed by atoms with Gasteiger partial charge in [-0.1, -0.05) is 28.1 Å². The number of nitrogens with one attached hydrogen (secondary N) is 2. The molecule has 1 atom stereocenters. The minimum atomic E-state index is -0.357. The zero-order chi connectivity index (χ0) is 16.7. The van der Waals surface area contributed by atoms with Crippen LogP contribution in [0.2, 0.25) is 0 Å². The topological polar surface area (TPSA) is 67.4 Å². The quantitative estimate of drug-likeness (QED) is 0.696. The van der Waals surface area contributed by atoms with Gasteiger partial charge in [0.05, 0.1) is 19.1 Å². The predicted molar refractivity (Wildman–Crippen MR) is 99.1 cm³/mol. The number of carbonyl (C=O) groups excluding carboxylic acids is 2. The van der Waals surface area contributed by atoms with Gasteiger partial charge in [-0.05, 0) is 50.6 Å². The lowest BCUT2D eigenvalue weighted by Crippen LogP contribution is -2.40. The van der Waals surface area contributed by atoms with E-state index in [-0.39, 0.29) is 42.7 Å². The first-order valence-corrected chi connectivity index (χ1v) is 8.81. The number of amides is 1. The average Bonchev–Trinajstić information content (AvgIpc) is 2.56. The summed E-state index contributed by atoms with van der Waals surface area (Å²) in [5, 5.41) is 6.28. The molecule has 1 aromatic carbocycles. The Hall–Kier alpha value is -1.11. The van der Waals surface area contributed by atoms with Crippen molar-refractivity contribution in [2.45, 2.75) is 32.2 Å². The fraction of sp³-hybridized carbons (Fsp3) is 0.529. The van der Waals surface area contributed by atoms with Crippen molar-refractivity contribution in [1.29, 1.82) is 0 Å². The number of rotatable bonds is 6. The van der Waals surface area contributed by atoms with Crippen LogP contribution in [0.4, 0.5) is 0 Å². The monoisotopic (exact) mass is 418 g/mol. The number of halogens is 2. The molecule has 0 saturated carbocycles. The Kier molecular flexibility index (Phi) is 9.33. The highest BCUT2D eigenvalue weighted by molar-refractivity contribution is 9.10. The van der Waals surface area contributed by atoms with Crippen molar-refractivity contribution in [2.75, 3.05) is 19.7 Å². The van der Waals surface area contributed by atoms with E-state index in [2.05, 4.69) is 26.6 Å². The van der Waals surface area contributed by atoms with Gasteiger partial charge in [-0.2, -0.15) is 0 Å². The van der Waals surface area contributed by atoms with E-state index >= 15 is 0 Å². The molecule has 134 valence electrons. The van der Waals surface area contributed by atoms with E-state index in [1.54, 1.807) is 6.92 Å². The molecule has 0 bridgehead atoms. The normalized spacial score (nSPS) is 15.9. The van der Waals surface area contributed by atoms with E-state index in [9.17, 15) is 9.59 Å². The van der Waals surface area contributed by atoms with E-state index in [1.165, 1.54) is 0 Å². The zero-order valence-electron chi connectivity index (χ0n) is 13.7. The van der Waals surface area contributed by atoms with Crippen LogP contribution in [0.3, 0.4) is 0 Å². The maximum atomic E-state index is 12.5. The summed E-state index contributed by atoms with van der Waals surface area (Å²) in [5.41, 5.74) is 0.906. The maximum Gasteiger partial charge on any atom is 0.308 e. The number of hydrogen-bond donors (Lipinski definition) is 2. The highest BCUT2D eigenvalue weighted by atomic mass is 79.9. The van der Waals surface area contributed by atoms with E-state index in [0.717, 1.165) is 36.0 Å². The molecular formula is C17H24BrClN2O3. The summed E-state index contributed by atoms with van der Waals surface area (Å²) in [6.45, 7) is 3.84. The van der Waals surface area contributed by atoms with Crippen LogP contribution in [-0.2, 0) is 14.3 Å². The summed E-state index contributed by atoms with van der Waals surface area (Å²) in [5.74, 6) is -0.272. The molecule has 1 aliphatic rings. The SMILES string of the molecule is CCOC(=O)CC(NC(=O)C1CCNCC1)c1ccc(Br)cc1.Cl. The van der Waals surface area contributed by atoms with Crippen molar-refractivity contribution >= 4 is 40.2 Å². The molecule has 1 unspecified atom stereocenters. The van der Waals surface area contributed by atoms with Gasteiger partial charge in [0, 0.05) is 10.4 Å². The Morgan fingerprint density at radius 2 is 1.92 bits per heavy atom. The molecule has 1 aromatic rings. The minimum absolute atomic E-state index is 0. The third-order valence-electron chi connectivity index (χ3n) is 3.97. The van der Waals surface area contributed by atoms with Crippen molar-refractivity contribution < 1.29 is 14.3 Å². The second-order valence-corrected chi connectivity index (χ2v) is 6.56. The third kappa shape index (κ3) is 6.42. The highest BCUT2D eigenvalue weighted by Crippen LogP contribution is 2.22. The number of carbonyl (C=O) groups is 2. The number of piperidine rings is 1. The smallest absolute Gasteiger partial charge is 0.308 e. The van der Waals surface area contributed by atoms with Crippen LogP contribution < -0.4 is 10.6 Å². The first kappa shape index (κ1) is 20.9. The highest BCUT2D eigenvalue weighted by Gasteiger charge is 2.25. The molecule has 7 heteroatoms. The van der Waals surface area contributed by atoms with E-state index in [4.69, 9.17) is 4.74 Å². The molecular weight excluding hydrogens is 396 g/mol. The van der Waals surface area contributed by atoms with E-state index in [0.29, 0.717) is 6.61 Å². The molecule has 0 aliphatic carbocycles. The molecule has 1 fully saturated rings. The zero-order valence-corrected chi connectivity index (χ0v) is 16.1. The van der Waals surface area contributed by atoms with Crippen LogP contribution in [-0.4, -0.2) is 31.6 Å².